The third-order valence-electron chi connectivity index (χ3n) is 5.20. The van der Waals surface area contributed by atoms with E-state index < -0.39 is 11.5 Å². The zero-order valence-corrected chi connectivity index (χ0v) is 16.0. The van der Waals surface area contributed by atoms with Crippen molar-refractivity contribution in [2.24, 2.45) is 7.05 Å². The molecule has 8 heteroatoms. The molecule has 1 amide bonds. The van der Waals surface area contributed by atoms with Crippen LogP contribution in [0.4, 0.5) is 0 Å². The molecule has 4 rings (SSSR count). The molecule has 1 aliphatic rings. The fourth-order valence-corrected chi connectivity index (χ4v) is 4.61. The number of thiophene rings is 1. The van der Waals surface area contributed by atoms with Crippen molar-refractivity contribution in [3.05, 3.63) is 51.8 Å². The maximum atomic E-state index is 13.2. The lowest BCUT2D eigenvalue weighted by molar-refractivity contribution is -0.131. The van der Waals surface area contributed by atoms with Crippen LogP contribution in [0.2, 0.25) is 0 Å². The van der Waals surface area contributed by atoms with Gasteiger partial charge in [-0.1, -0.05) is 6.07 Å². The Labute approximate surface area is 160 Å². The molecule has 0 saturated carbocycles. The van der Waals surface area contributed by atoms with Gasteiger partial charge < -0.3 is 5.32 Å². The quantitative estimate of drug-likeness (QED) is 0.716. The number of carbonyl (C=O) groups is 1. The average Bonchev–Trinajstić information content (AvgIpc) is 3.27. The number of nitrogens with zero attached hydrogens (tertiary/aromatic N) is 4. The number of nitriles is 1. The predicted octanol–water partition coefficient (Wildman–Crippen LogP) is 2.50. The van der Waals surface area contributed by atoms with Crippen molar-refractivity contribution < 1.29 is 4.79 Å². The van der Waals surface area contributed by atoms with Crippen molar-refractivity contribution in [2.75, 3.05) is 7.05 Å². The van der Waals surface area contributed by atoms with Crippen molar-refractivity contribution >= 4 is 34.1 Å². The van der Waals surface area contributed by atoms with Gasteiger partial charge in [-0.15, -0.1) is 11.3 Å². The number of carbonyl (C=O) groups excluding carboxylic acids is 1. The van der Waals surface area contributed by atoms with Crippen LogP contribution in [0.1, 0.15) is 28.2 Å². The number of guanidine groups is 1. The zero-order chi connectivity index (χ0) is 19.3. The summed E-state index contributed by atoms with van der Waals surface area (Å²) in [5, 5.41) is 25.8. The zero-order valence-electron chi connectivity index (χ0n) is 15.1. The van der Waals surface area contributed by atoms with E-state index in [2.05, 4.69) is 16.5 Å². The fraction of sp³-hybridized carbons (Fsp3) is 0.263. The molecule has 0 spiro atoms. The molecule has 2 atom stereocenters. The monoisotopic (exact) mass is 378 g/mol. The first-order valence-corrected chi connectivity index (χ1v) is 9.23. The van der Waals surface area contributed by atoms with Gasteiger partial charge in [0, 0.05) is 24.4 Å². The Morgan fingerprint density at radius 3 is 2.81 bits per heavy atom. The lowest BCUT2D eigenvalue weighted by atomic mass is 9.76. The van der Waals surface area contributed by atoms with Gasteiger partial charge in [0.15, 0.2) is 5.96 Å². The van der Waals surface area contributed by atoms with Crippen molar-refractivity contribution in [2.45, 2.75) is 18.4 Å². The van der Waals surface area contributed by atoms with E-state index in [1.807, 2.05) is 38.2 Å². The number of hydrogen-bond acceptors (Lipinski definition) is 5. The van der Waals surface area contributed by atoms with E-state index in [1.54, 1.807) is 24.0 Å². The summed E-state index contributed by atoms with van der Waals surface area (Å²) >= 11 is 1.34. The molecule has 1 saturated heterocycles. The molecule has 0 bridgehead atoms. The van der Waals surface area contributed by atoms with Crippen molar-refractivity contribution in [1.82, 2.24) is 20.0 Å². The molecular weight excluding hydrogens is 360 g/mol. The molecule has 1 aliphatic heterocycles. The van der Waals surface area contributed by atoms with Crippen LogP contribution in [0.3, 0.4) is 0 Å². The smallest absolute Gasteiger partial charge is 0.239 e. The van der Waals surface area contributed by atoms with Gasteiger partial charge in [-0.05, 0) is 36.8 Å². The van der Waals surface area contributed by atoms with Gasteiger partial charge in [-0.3, -0.25) is 19.8 Å². The van der Waals surface area contributed by atoms with Gasteiger partial charge in [0.2, 0.25) is 5.91 Å². The summed E-state index contributed by atoms with van der Waals surface area (Å²) in [6, 6.07) is 11.6. The maximum absolute atomic E-state index is 13.2. The minimum atomic E-state index is -0.823. The number of benzene rings is 1. The van der Waals surface area contributed by atoms with E-state index >= 15 is 0 Å². The van der Waals surface area contributed by atoms with Crippen LogP contribution in [-0.2, 0) is 17.4 Å². The molecule has 3 aromatic rings. The summed E-state index contributed by atoms with van der Waals surface area (Å²) in [7, 11) is 3.48. The normalized spacial score (nSPS) is 22.7. The van der Waals surface area contributed by atoms with Crippen LogP contribution in [-0.4, -0.2) is 33.6 Å². The van der Waals surface area contributed by atoms with Crippen molar-refractivity contribution in [3.63, 3.8) is 0 Å². The summed E-state index contributed by atoms with van der Waals surface area (Å²) < 4.78 is 1.79. The molecule has 136 valence electrons. The summed E-state index contributed by atoms with van der Waals surface area (Å²) in [6.07, 6.45) is 1.78. The van der Waals surface area contributed by atoms with Crippen molar-refractivity contribution in [3.8, 4) is 6.07 Å². The molecule has 0 radical (unpaired) electrons. The third-order valence-corrected chi connectivity index (χ3v) is 6.43. The number of amides is 1. The van der Waals surface area contributed by atoms with E-state index in [-0.39, 0.29) is 11.9 Å². The number of fused-ring (bicyclic) bond motifs is 1. The summed E-state index contributed by atoms with van der Waals surface area (Å²) in [4.78, 5) is 16.0. The molecule has 1 fully saturated rings. The molecule has 7 nitrogen and oxygen atoms in total. The fourth-order valence-electron chi connectivity index (χ4n) is 3.67. The van der Waals surface area contributed by atoms with E-state index in [4.69, 9.17) is 5.41 Å². The highest BCUT2D eigenvalue weighted by molar-refractivity contribution is 7.12. The first kappa shape index (κ1) is 17.2. The lowest BCUT2D eigenvalue weighted by Crippen LogP contribution is -2.62. The SMILES string of the molecule is CN1C(=N)N[C@](C)(c2ccc(C#N)s2)[C@@H](c2ccc3c(cnn3C)c2)C1=O. The highest BCUT2D eigenvalue weighted by Crippen LogP contribution is 2.43. The molecule has 2 N–H and O–H groups in total. The Hall–Kier alpha value is -3.18. The van der Waals surface area contributed by atoms with Crippen LogP contribution >= 0.6 is 11.3 Å². The Morgan fingerprint density at radius 2 is 2.11 bits per heavy atom. The van der Waals surface area contributed by atoms with E-state index in [0.29, 0.717) is 4.88 Å². The van der Waals surface area contributed by atoms with E-state index in [9.17, 15) is 10.1 Å². The molecule has 1 aromatic carbocycles. The van der Waals surface area contributed by atoms with E-state index in [1.165, 1.54) is 16.2 Å². The Bertz CT molecular complexity index is 1120. The van der Waals surface area contributed by atoms with Crippen LogP contribution in [0.15, 0.2) is 36.5 Å². The summed E-state index contributed by atoms with van der Waals surface area (Å²) in [5.74, 6) is -0.643. The Morgan fingerprint density at radius 1 is 1.33 bits per heavy atom. The predicted molar refractivity (Wildman–Crippen MR) is 103 cm³/mol. The third kappa shape index (κ3) is 2.51. The Kier molecular flexibility index (Phi) is 3.78. The second-order valence-corrected chi connectivity index (χ2v) is 7.95. The van der Waals surface area contributed by atoms with Gasteiger partial charge in [0.1, 0.15) is 10.9 Å². The second kappa shape index (κ2) is 5.93. The van der Waals surface area contributed by atoms with Gasteiger partial charge in [-0.25, -0.2) is 0 Å². The molecule has 27 heavy (non-hydrogen) atoms. The van der Waals surface area contributed by atoms with Crippen LogP contribution < -0.4 is 5.32 Å². The van der Waals surface area contributed by atoms with Crippen LogP contribution in [0, 0.1) is 16.7 Å². The van der Waals surface area contributed by atoms with Gasteiger partial charge in [0.25, 0.3) is 0 Å². The van der Waals surface area contributed by atoms with Gasteiger partial charge in [0.05, 0.1) is 23.2 Å². The number of aryl methyl sites for hydroxylation is 1. The van der Waals surface area contributed by atoms with Crippen LogP contribution in [0.25, 0.3) is 10.9 Å². The number of aromatic nitrogens is 2. The number of likely N-dealkylation sites (N-methyl/N-ethyl adjacent to an activating group) is 1. The largest absolute Gasteiger partial charge is 0.345 e. The van der Waals surface area contributed by atoms with Crippen molar-refractivity contribution in [1.29, 1.82) is 10.7 Å². The topological polar surface area (TPSA) is 97.8 Å². The molecule has 0 aliphatic carbocycles. The average molecular weight is 378 g/mol. The first-order chi connectivity index (χ1) is 12.8. The maximum Gasteiger partial charge on any atom is 0.239 e. The minimum Gasteiger partial charge on any atom is -0.345 e. The van der Waals surface area contributed by atoms with Gasteiger partial charge >= 0.3 is 0 Å². The molecule has 2 aromatic heterocycles. The van der Waals surface area contributed by atoms with Gasteiger partial charge in [-0.2, -0.15) is 10.4 Å². The highest BCUT2D eigenvalue weighted by Gasteiger charge is 2.49. The first-order valence-electron chi connectivity index (χ1n) is 8.41. The summed E-state index contributed by atoms with van der Waals surface area (Å²) in [5.41, 5.74) is 1.01. The standard InChI is InChI=1S/C19H18N6OS/c1-19(15-7-5-13(9-20)27-15)16(17(26)24(2)18(21)23-19)11-4-6-14-12(8-11)10-22-25(14)3/h4-8,10,16H,1-3H3,(H2,21,23)/t16-,19+/m0/s1. The molecular formula is C19H18N6OS. The Balaban J connectivity index is 1.89. The molecule has 0 unspecified atom stereocenters. The molecule has 3 heterocycles. The number of hydrogen-bond donors (Lipinski definition) is 2. The highest BCUT2D eigenvalue weighted by atomic mass is 32.1. The minimum absolute atomic E-state index is 0.0492. The number of nitrogens with one attached hydrogen (secondary N) is 2. The lowest BCUT2D eigenvalue weighted by Gasteiger charge is -2.45. The van der Waals surface area contributed by atoms with E-state index in [0.717, 1.165) is 21.3 Å². The number of rotatable bonds is 2. The second-order valence-electron chi connectivity index (χ2n) is 6.87. The van der Waals surface area contributed by atoms with Crippen LogP contribution in [0.5, 0.6) is 0 Å². The summed E-state index contributed by atoms with van der Waals surface area (Å²) in [6.45, 7) is 1.91.